The molecule has 7 atom stereocenters. The van der Waals surface area contributed by atoms with Crippen LogP contribution in [0.1, 0.15) is 33.6 Å². The number of nitrogens with one attached hydrogen (secondary N) is 2. The van der Waals surface area contributed by atoms with Crippen molar-refractivity contribution in [3.05, 3.63) is 42.5 Å². The minimum absolute atomic E-state index is 0.0124. The Hall–Kier alpha value is -2.58. The first-order chi connectivity index (χ1) is 16.8. The van der Waals surface area contributed by atoms with Crippen molar-refractivity contribution in [2.45, 2.75) is 55.7 Å². The van der Waals surface area contributed by atoms with Crippen LogP contribution >= 0.6 is 11.8 Å². The highest BCUT2D eigenvalue weighted by Crippen LogP contribution is 2.68. The molecule has 3 aliphatic heterocycles. The predicted molar refractivity (Wildman–Crippen MR) is 138 cm³/mol. The number of thioether (sulfide) groups is 1. The number of benzene rings is 2. The van der Waals surface area contributed by atoms with Gasteiger partial charge in [-0.3, -0.25) is 14.4 Å². The van der Waals surface area contributed by atoms with Gasteiger partial charge < -0.3 is 20.6 Å². The molecular formula is C27H33N3O4S. The molecular weight excluding hydrogens is 462 g/mol. The summed E-state index contributed by atoms with van der Waals surface area (Å²) >= 11 is 1.65. The molecule has 0 aliphatic carbocycles. The van der Waals surface area contributed by atoms with E-state index in [0.29, 0.717) is 12.2 Å². The highest BCUT2D eigenvalue weighted by atomic mass is 32.2. The SMILES string of the molecule is CCCNC(=O)[C@@H]1[C@@H]2CC(C)C3(S2)C(C(=O)Nc2ccc4ccccc4c2)N([C@H](C)CO)C(=O)[C@H]13. The maximum absolute atomic E-state index is 13.9. The average molecular weight is 496 g/mol. The molecule has 3 amide bonds. The lowest BCUT2D eigenvalue weighted by Crippen LogP contribution is -2.56. The number of fused-ring (bicyclic) bond motifs is 2. The molecule has 2 aromatic rings. The summed E-state index contributed by atoms with van der Waals surface area (Å²) in [6.07, 6.45) is 1.61. The number of aliphatic hydroxyl groups is 1. The van der Waals surface area contributed by atoms with Crippen LogP contribution in [0.4, 0.5) is 5.69 Å². The van der Waals surface area contributed by atoms with Crippen molar-refractivity contribution in [2.75, 3.05) is 18.5 Å². The summed E-state index contributed by atoms with van der Waals surface area (Å²) in [6, 6.07) is 12.4. The Balaban J connectivity index is 1.52. The highest BCUT2D eigenvalue weighted by Gasteiger charge is 2.76. The van der Waals surface area contributed by atoms with Crippen LogP contribution in [0.5, 0.6) is 0 Å². The van der Waals surface area contributed by atoms with Gasteiger partial charge in [0.15, 0.2) is 0 Å². The molecule has 2 aromatic carbocycles. The average Bonchev–Trinajstić information content (AvgIpc) is 3.45. The third-order valence-corrected chi connectivity index (χ3v) is 10.1. The first-order valence-corrected chi connectivity index (χ1v) is 13.4. The van der Waals surface area contributed by atoms with Gasteiger partial charge in [0.05, 0.1) is 29.2 Å². The summed E-state index contributed by atoms with van der Waals surface area (Å²) in [4.78, 5) is 42.6. The van der Waals surface area contributed by atoms with E-state index in [9.17, 15) is 19.5 Å². The lowest BCUT2D eigenvalue weighted by Gasteiger charge is -2.39. The van der Waals surface area contributed by atoms with Gasteiger partial charge in [-0.15, -0.1) is 11.8 Å². The van der Waals surface area contributed by atoms with Gasteiger partial charge in [-0.05, 0) is 48.6 Å². The molecule has 3 unspecified atom stereocenters. The Morgan fingerprint density at radius 3 is 2.66 bits per heavy atom. The Morgan fingerprint density at radius 1 is 1.20 bits per heavy atom. The molecule has 0 aromatic heterocycles. The Bertz CT molecular complexity index is 1170. The molecule has 0 saturated carbocycles. The maximum Gasteiger partial charge on any atom is 0.248 e. The number of rotatable bonds is 7. The molecule has 186 valence electrons. The van der Waals surface area contributed by atoms with E-state index in [0.717, 1.165) is 23.6 Å². The lowest BCUT2D eigenvalue weighted by atomic mass is 9.66. The van der Waals surface area contributed by atoms with Crippen LogP contribution in [0.25, 0.3) is 10.8 Å². The predicted octanol–water partition coefficient (Wildman–Crippen LogP) is 3.02. The Morgan fingerprint density at radius 2 is 1.94 bits per heavy atom. The van der Waals surface area contributed by atoms with Gasteiger partial charge in [0, 0.05) is 17.5 Å². The zero-order valence-corrected chi connectivity index (χ0v) is 21.2. The highest BCUT2D eigenvalue weighted by molar-refractivity contribution is 8.02. The zero-order chi connectivity index (χ0) is 24.9. The van der Waals surface area contributed by atoms with E-state index in [1.165, 1.54) is 0 Å². The normalized spacial score (nSPS) is 32.1. The van der Waals surface area contributed by atoms with Gasteiger partial charge in [0.25, 0.3) is 0 Å². The second-order valence-electron chi connectivity index (χ2n) is 10.2. The maximum atomic E-state index is 13.9. The van der Waals surface area contributed by atoms with Crippen molar-refractivity contribution >= 4 is 45.9 Å². The summed E-state index contributed by atoms with van der Waals surface area (Å²) in [5, 5.41) is 18.2. The molecule has 3 fully saturated rings. The summed E-state index contributed by atoms with van der Waals surface area (Å²) < 4.78 is -0.694. The Labute approximate surface area is 210 Å². The van der Waals surface area contributed by atoms with Crippen molar-refractivity contribution in [1.29, 1.82) is 0 Å². The third-order valence-electron chi connectivity index (χ3n) is 8.04. The van der Waals surface area contributed by atoms with Crippen molar-refractivity contribution in [3.8, 4) is 0 Å². The number of carbonyl (C=O) groups is 3. The summed E-state index contributed by atoms with van der Waals surface area (Å²) in [5.74, 6) is -1.48. The van der Waals surface area contributed by atoms with Gasteiger partial charge >= 0.3 is 0 Å². The number of anilines is 1. The number of carbonyl (C=O) groups excluding carboxylic acids is 3. The molecule has 0 radical (unpaired) electrons. The van der Waals surface area contributed by atoms with Gasteiger partial charge in [-0.2, -0.15) is 0 Å². The van der Waals surface area contributed by atoms with E-state index < -0.39 is 28.7 Å². The fourth-order valence-electron chi connectivity index (χ4n) is 6.46. The van der Waals surface area contributed by atoms with Gasteiger partial charge in [0.1, 0.15) is 6.04 Å². The van der Waals surface area contributed by atoms with E-state index in [1.807, 2.05) is 49.4 Å². The van der Waals surface area contributed by atoms with E-state index in [4.69, 9.17) is 0 Å². The number of aliphatic hydroxyl groups excluding tert-OH is 1. The number of amides is 3. The zero-order valence-electron chi connectivity index (χ0n) is 20.4. The topological polar surface area (TPSA) is 98.7 Å². The van der Waals surface area contributed by atoms with Crippen LogP contribution in [-0.2, 0) is 14.4 Å². The van der Waals surface area contributed by atoms with Crippen LogP contribution < -0.4 is 10.6 Å². The number of hydrogen-bond acceptors (Lipinski definition) is 5. The second-order valence-corrected chi connectivity index (χ2v) is 11.7. The smallest absolute Gasteiger partial charge is 0.248 e. The molecule has 3 heterocycles. The second kappa shape index (κ2) is 9.13. The van der Waals surface area contributed by atoms with E-state index in [-0.39, 0.29) is 35.5 Å². The molecule has 35 heavy (non-hydrogen) atoms. The van der Waals surface area contributed by atoms with Gasteiger partial charge in [0.2, 0.25) is 17.7 Å². The number of nitrogens with zero attached hydrogens (tertiary/aromatic N) is 1. The lowest BCUT2D eigenvalue weighted by molar-refractivity contribution is -0.141. The van der Waals surface area contributed by atoms with Gasteiger partial charge in [-0.25, -0.2) is 0 Å². The number of likely N-dealkylation sites (tertiary alicyclic amines) is 1. The quantitative estimate of drug-likeness (QED) is 0.549. The van der Waals surface area contributed by atoms with Crippen molar-refractivity contribution < 1.29 is 19.5 Å². The molecule has 3 N–H and O–H groups in total. The summed E-state index contributed by atoms with van der Waals surface area (Å²) in [6.45, 7) is 6.18. The fraction of sp³-hybridized carbons (Fsp3) is 0.519. The van der Waals surface area contributed by atoms with Crippen molar-refractivity contribution in [1.82, 2.24) is 10.2 Å². The number of hydrogen-bond donors (Lipinski definition) is 3. The molecule has 3 saturated heterocycles. The molecule has 8 heteroatoms. The fourth-order valence-corrected chi connectivity index (χ4v) is 8.87. The minimum atomic E-state index is -0.761. The van der Waals surface area contributed by atoms with Crippen LogP contribution in [0.3, 0.4) is 0 Å². The Kier molecular flexibility index (Phi) is 6.30. The van der Waals surface area contributed by atoms with E-state index >= 15 is 0 Å². The first kappa shape index (κ1) is 24.1. The van der Waals surface area contributed by atoms with Crippen LogP contribution in [0, 0.1) is 17.8 Å². The summed E-state index contributed by atoms with van der Waals surface area (Å²) in [7, 11) is 0. The van der Waals surface area contributed by atoms with Crippen LogP contribution in [-0.4, -0.2) is 63.0 Å². The molecule has 5 rings (SSSR count). The largest absolute Gasteiger partial charge is 0.394 e. The monoisotopic (exact) mass is 495 g/mol. The minimum Gasteiger partial charge on any atom is -0.394 e. The van der Waals surface area contributed by atoms with Crippen molar-refractivity contribution in [3.63, 3.8) is 0 Å². The molecule has 1 spiro atoms. The van der Waals surface area contributed by atoms with E-state index in [2.05, 4.69) is 17.6 Å². The van der Waals surface area contributed by atoms with Crippen molar-refractivity contribution in [2.24, 2.45) is 17.8 Å². The summed E-state index contributed by atoms with van der Waals surface area (Å²) in [5.41, 5.74) is 0.667. The molecule has 3 aliphatic rings. The van der Waals surface area contributed by atoms with E-state index in [1.54, 1.807) is 23.6 Å². The van der Waals surface area contributed by atoms with Crippen LogP contribution in [0.15, 0.2) is 42.5 Å². The van der Waals surface area contributed by atoms with Gasteiger partial charge in [-0.1, -0.05) is 44.2 Å². The first-order valence-electron chi connectivity index (χ1n) is 12.5. The van der Waals surface area contributed by atoms with Crippen LogP contribution in [0.2, 0.25) is 0 Å². The third kappa shape index (κ3) is 3.64. The molecule has 7 nitrogen and oxygen atoms in total. The standard InChI is InChI=1S/C27H33N3O4S/c1-4-11-28-24(32)21-20-12-15(2)27(35-20)22(21)26(34)30(16(3)14-31)23(27)25(33)29-19-10-9-17-7-5-6-8-18(17)13-19/h5-10,13,15-16,20-23,31H,4,11-12,14H2,1-3H3,(H,28,32)(H,29,33)/t15?,16-,20+,21-,22+,23?,27?/m1/s1. The molecule has 2 bridgehead atoms.